The van der Waals surface area contributed by atoms with Crippen molar-refractivity contribution in [1.29, 1.82) is 0 Å². The summed E-state index contributed by atoms with van der Waals surface area (Å²) in [5.74, 6) is -0.911. The molecule has 3 aromatic carbocycles. The van der Waals surface area contributed by atoms with Crippen LogP contribution in [-0.2, 0) is 4.79 Å². The van der Waals surface area contributed by atoms with Crippen molar-refractivity contribution < 1.29 is 9.59 Å². The summed E-state index contributed by atoms with van der Waals surface area (Å²) in [7, 11) is 0. The molecule has 3 amide bonds. The maximum atomic E-state index is 13.4. The summed E-state index contributed by atoms with van der Waals surface area (Å²) in [6, 6.07) is 24.3. The van der Waals surface area contributed by atoms with E-state index in [2.05, 4.69) is 25.8 Å². The Morgan fingerprint density at radius 2 is 1.65 bits per heavy atom. The molecule has 34 heavy (non-hydrogen) atoms. The number of carbonyl (C=O) groups excluding carboxylic acids is 2. The van der Waals surface area contributed by atoms with Gasteiger partial charge in [0.15, 0.2) is 0 Å². The van der Waals surface area contributed by atoms with Crippen LogP contribution >= 0.6 is 0 Å². The largest absolute Gasteiger partial charge is 0.341 e. The number of anilines is 1. The van der Waals surface area contributed by atoms with Crippen LogP contribution in [0.15, 0.2) is 96.1 Å². The van der Waals surface area contributed by atoms with Gasteiger partial charge in [-0.25, -0.2) is 9.79 Å². The van der Waals surface area contributed by atoms with E-state index in [1.807, 2.05) is 84.9 Å². The van der Waals surface area contributed by atoms with Gasteiger partial charge in [-0.1, -0.05) is 66.7 Å². The maximum absolute atomic E-state index is 13.4. The van der Waals surface area contributed by atoms with Gasteiger partial charge in [-0.05, 0) is 41.8 Å². The molecular formula is C27H23N5O2. The van der Waals surface area contributed by atoms with E-state index < -0.39 is 18.0 Å². The average molecular weight is 450 g/mol. The van der Waals surface area contributed by atoms with Gasteiger partial charge in [-0.3, -0.25) is 9.89 Å². The maximum Gasteiger partial charge on any atom is 0.341 e. The number of urea groups is 1. The monoisotopic (exact) mass is 449 g/mol. The molecule has 1 aliphatic heterocycles. The summed E-state index contributed by atoms with van der Waals surface area (Å²) >= 11 is 0. The van der Waals surface area contributed by atoms with Gasteiger partial charge >= 0.3 is 6.03 Å². The highest BCUT2D eigenvalue weighted by Gasteiger charge is 2.35. The molecule has 7 heteroatoms. The number of benzene rings is 3. The third-order valence-electron chi connectivity index (χ3n) is 5.88. The summed E-state index contributed by atoms with van der Waals surface area (Å²) in [5.41, 5.74) is 4.92. The first kappa shape index (κ1) is 21.3. The van der Waals surface area contributed by atoms with Crippen LogP contribution in [0.3, 0.4) is 0 Å². The number of aromatic nitrogens is 2. The molecule has 0 saturated heterocycles. The van der Waals surface area contributed by atoms with Crippen molar-refractivity contribution in [3.05, 3.63) is 102 Å². The normalized spacial score (nSPS) is 17.6. The van der Waals surface area contributed by atoms with E-state index in [1.165, 1.54) is 0 Å². The fourth-order valence-electron chi connectivity index (χ4n) is 4.25. The fourth-order valence-corrected chi connectivity index (χ4v) is 4.25. The van der Waals surface area contributed by atoms with Crippen molar-refractivity contribution in [1.82, 2.24) is 15.5 Å². The van der Waals surface area contributed by atoms with Crippen LogP contribution in [0.25, 0.3) is 16.5 Å². The van der Waals surface area contributed by atoms with E-state index in [-0.39, 0.29) is 5.91 Å². The molecule has 0 aliphatic carbocycles. The van der Waals surface area contributed by atoms with Gasteiger partial charge in [-0.15, -0.1) is 0 Å². The molecule has 3 N–H and O–H groups in total. The number of nitrogens with zero attached hydrogens (tertiary/aromatic N) is 2. The number of hydrogen-bond donors (Lipinski definition) is 3. The zero-order valence-corrected chi connectivity index (χ0v) is 18.5. The van der Waals surface area contributed by atoms with Gasteiger partial charge in [-0.2, -0.15) is 5.10 Å². The summed E-state index contributed by atoms with van der Waals surface area (Å²) in [6.07, 6.45) is 3.65. The van der Waals surface area contributed by atoms with Crippen molar-refractivity contribution in [2.45, 2.75) is 13.0 Å². The van der Waals surface area contributed by atoms with Crippen LogP contribution in [-0.4, -0.2) is 33.9 Å². The summed E-state index contributed by atoms with van der Waals surface area (Å²) < 4.78 is 0. The first-order valence-corrected chi connectivity index (χ1v) is 11.0. The van der Waals surface area contributed by atoms with Gasteiger partial charge in [0.2, 0.25) is 5.91 Å². The number of rotatable bonds is 5. The lowest BCUT2D eigenvalue weighted by Crippen LogP contribution is -2.50. The number of H-pyrrole nitrogens is 1. The van der Waals surface area contributed by atoms with Gasteiger partial charge in [0.05, 0.1) is 17.8 Å². The molecule has 0 saturated carbocycles. The Bertz CT molecular complexity index is 1370. The number of carbonyl (C=O) groups is 2. The highest BCUT2D eigenvalue weighted by atomic mass is 16.2. The van der Waals surface area contributed by atoms with Crippen LogP contribution in [0.1, 0.15) is 18.1 Å². The molecule has 7 nitrogen and oxygen atoms in total. The first-order valence-electron chi connectivity index (χ1n) is 11.0. The molecule has 1 aliphatic rings. The Morgan fingerprint density at radius 1 is 0.971 bits per heavy atom. The van der Waals surface area contributed by atoms with E-state index in [4.69, 9.17) is 0 Å². The molecule has 168 valence electrons. The van der Waals surface area contributed by atoms with Crippen LogP contribution < -0.4 is 10.6 Å². The summed E-state index contributed by atoms with van der Waals surface area (Å²) in [4.78, 5) is 29.8. The van der Waals surface area contributed by atoms with Crippen molar-refractivity contribution in [3.63, 3.8) is 0 Å². The smallest absolute Gasteiger partial charge is 0.329 e. The third kappa shape index (κ3) is 4.36. The standard InChI is InChI=1S/C27H23N5O2/c1-17-25(26(33)30-21-12-13-23-20(14-21)16-28-32-23)24(31-27(34)29-17)15-22(18-8-4-2-5-9-18)19-10-6-3-7-11-19/h2-16,24-25H,1H3,(H,28,32)(H,30,33)(H,31,34). The van der Waals surface area contributed by atoms with Gasteiger partial charge in [0.25, 0.3) is 0 Å². The molecule has 1 aromatic heterocycles. The second-order valence-electron chi connectivity index (χ2n) is 8.18. The Kier molecular flexibility index (Phi) is 5.74. The Balaban J connectivity index is 1.52. The van der Waals surface area contributed by atoms with E-state index in [0.29, 0.717) is 11.4 Å². The van der Waals surface area contributed by atoms with Crippen molar-refractivity contribution in [2.24, 2.45) is 10.9 Å². The molecule has 5 rings (SSSR count). The molecule has 0 spiro atoms. The highest BCUT2D eigenvalue weighted by molar-refractivity contribution is 6.13. The average Bonchev–Trinajstić information content (AvgIpc) is 3.31. The highest BCUT2D eigenvalue weighted by Crippen LogP contribution is 2.27. The van der Waals surface area contributed by atoms with Crippen molar-refractivity contribution in [2.75, 3.05) is 5.32 Å². The van der Waals surface area contributed by atoms with E-state index in [0.717, 1.165) is 27.6 Å². The predicted octanol–water partition coefficient (Wildman–Crippen LogP) is 4.80. The van der Waals surface area contributed by atoms with Crippen molar-refractivity contribution in [3.8, 4) is 0 Å². The second kappa shape index (κ2) is 9.15. The number of amides is 3. The van der Waals surface area contributed by atoms with Crippen LogP contribution in [0.2, 0.25) is 0 Å². The van der Waals surface area contributed by atoms with Crippen molar-refractivity contribution >= 4 is 39.8 Å². The quantitative estimate of drug-likeness (QED) is 0.408. The Labute approximate surface area is 196 Å². The molecule has 2 heterocycles. The van der Waals surface area contributed by atoms with Crippen LogP contribution in [0.5, 0.6) is 0 Å². The zero-order chi connectivity index (χ0) is 23.5. The summed E-state index contributed by atoms with van der Waals surface area (Å²) in [6.45, 7) is 1.72. The lowest BCUT2D eigenvalue weighted by Gasteiger charge is -2.29. The number of hydrogen-bond acceptors (Lipinski definition) is 3. The number of fused-ring (bicyclic) bond motifs is 1. The Morgan fingerprint density at radius 3 is 2.32 bits per heavy atom. The molecule has 4 aromatic rings. The molecule has 0 radical (unpaired) electrons. The van der Waals surface area contributed by atoms with Crippen LogP contribution in [0.4, 0.5) is 10.5 Å². The zero-order valence-electron chi connectivity index (χ0n) is 18.5. The van der Waals surface area contributed by atoms with Gasteiger partial charge < -0.3 is 10.6 Å². The molecule has 0 bridgehead atoms. The topological polar surface area (TPSA) is 99.2 Å². The minimum Gasteiger partial charge on any atom is -0.329 e. The molecule has 2 unspecified atom stereocenters. The lowest BCUT2D eigenvalue weighted by atomic mass is 9.88. The van der Waals surface area contributed by atoms with E-state index in [9.17, 15) is 9.59 Å². The minimum atomic E-state index is -0.667. The SMILES string of the molecule is CC1=NC(=O)NC(C=C(c2ccccc2)c2ccccc2)C1C(=O)Nc1ccc2[nH]ncc2c1. The third-order valence-corrected chi connectivity index (χ3v) is 5.88. The number of aromatic amines is 1. The lowest BCUT2D eigenvalue weighted by molar-refractivity contribution is -0.118. The molecular weight excluding hydrogens is 426 g/mol. The fraction of sp³-hybridized carbons (Fsp3) is 0.111. The van der Waals surface area contributed by atoms with Gasteiger partial charge in [0.1, 0.15) is 5.92 Å². The van der Waals surface area contributed by atoms with Crippen LogP contribution in [0, 0.1) is 5.92 Å². The summed E-state index contributed by atoms with van der Waals surface area (Å²) in [5, 5.41) is 13.7. The van der Waals surface area contributed by atoms with Gasteiger partial charge in [0, 0.05) is 16.8 Å². The minimum absolute atomic E-state index is 0.245. The first-order chi connectivity index (χ1) is 16.6. The molecule has 0 fully saturated rings. The van der Waals surface area contributed by atoms with E-state index in [1.54, 1.807) is 13.1 Å². The number of nitrogens with one attached hydrogen (secondary N) is 3. The Hall–Kier alpha value is -4.52. The number of aliphatic imine (C=N–C) groups is 1. The predicted molar refractivity (Wildman–Crippen MR) is 134 cm³/mol. The molecule has 2 atom stereocenters. The second-order valence-corrected chi connectivity index (χ2v) is 8.18. The van der Waals surface area contributed by atoms with E-state index >= 15 is 0 Å².